The number of hydrogen-bond donors (Lipinski definition) is 2. The van der Waals surface area contributed by atoms with E-state index in [4.69, 9.17) is 0 Å². The van der Waals surface area contributed by atoms with Crippen LogP contribution in [0.3, 0.4) is 0 Å². The molecule has 0 aliphatic carbocycles. The second kappa shape index (κ2) is 5.63. The molecule has 114 valence electrons. The van der Waals surface area contributed by atoms with Crippen LogP contribution < -0.4 is 10.6 Å². The fourth-order valence-corrected chi connectivity index (χ4v) is 2.79. The molecule has 0 saturated heterocycles. The molecule has 2 amide bonds. The van der Waals surface area contributed by atoms with E-state index >= 15 is 0 Å². The third-order valence-electron chi connectivity index (χ3n) is 3.96. The normalized spacial score (nSPS) is 16.8. The van der Waals surface area contributed by atoms with Crippen molar-refractivity contribution >= 4 is 17.6 Å². The van der Waals surface area contributed by atoms with Gasteiger partial charge in [0.05, 0.1) is 5.56 Å². The molecule has 0 fully saturated rings. The summed E-state index contributed by atoms with van der Waals surface area (Å²) in [5.74, 6) is 0.130. The van der Waals surface area contributed by atoms with E-state index in [0.29, 0.717) is 17.8 Å². The quantitative estimate of drug-likeness (QED) is 0.896. The van der Waals surface area contributed by atoms with Crippen LogP contribution in [0, 0.1) is 0 Å². The number of pyridine rings is 1. The molecule has 2 N–H and O–H groups in total. The van der Waals surface area contributed by atoms with Gasteiger partial charge < -0.3 is 15.2 Å². The van der Waals surface area contributed by atoms with Gasteiger partial charge in [-0.3, -0.25) is 9.59 Å². The fourth-order valence-electron chi connectivity index (χ4n) is 2.79. The molecule has 1 aliphatic heterocycles. The maximum Gasteiger partial charge on any atom is 0.253 e. The van der Waals surface area contributed by atoms with Gasteiger partial charge in [0.2, 0.25) is 5.91 Å². The molecule has 2 aromatic rings. The van der Waals surface area contributed by atoms with E-state index < -0.39 is 6.04 Å². The average molecular weight is 298 g/mol. The maximum atomic E-state index is 12.4. The molecule has 3 rings (SSSR count). The lowest BCUT2D eigenvalue weighted by Gasteiger charge is -2.24. The van der Waals surface area contributed by atoms with Gasteiger partial charge in [0.15, 0.2) is 0 Å². The van der Waals surface area contributed by atoms with Gasteiger partial charge in [0.1, 0.15) is 11.9 Å². The van der Waals surface area contributed by atoms with Crippen LogP contribution in [-0.2, 0) is 24.7 Å². The van der Waals surface area contributed by atoms with Gasteiger partial charge >= 0.3 is 0 Å². The minimum atomic E-state index is -0.575. The highest BCUT2D eigenvalue weighted by Gasteiger charge is 2.29. The minimum absolute atomic E-state index is 0.218. The maximum absolute atomic E-state index is 12.4. The Morgan fingerprint density at radius 1 is 1.50 bits per heavy atom. The summed E-state index contributed by atoms with van der Waals surface area (Å²) in [6.07, 6.45) is 4.70. The fraction of sp³-hybridized carbons (Fsp3) is 0.312. The first kappa shape index (κ1) is 14.3. The monoisotopic (exact) mass is 298 g/mol. The number of aromatic nitrogens is 2. The summed E-state index contributed by atoms with van der Waals surface area (Å²) in [5.41, 5.74) is 2.50. The van der Waals surface area contributed by atoms with Crippen LogP contribution >= 0.6 is 0 Å². The Morgan fingerprint density at radius 2 is 2.32 bits per heavy atom. The number of anilines is 1. The number of carbonyl (C=O) groups excluding carboxylic acids is 2. The molecule has 0 unspecified atom stereocenters. The molecule has 0 saturated carbocycles. The number of hydrogen-bond acceptors (Lipinski definition) is 3. The zero-order valence-corrected chi connectivity index (χ0v) is 12.6. The van der Waals surface area contributed by atoms with Gasteiger partial charge in [-0.2, -0.15) is 0 Å². The summed E-state index contributed by atoms with van der Waals surface area (Å²) < 4.78 is 1.93. The molecular formula is C16H18N4O2. The van der Waals surface area contributed by atoms with Crippen LogP contribution in [-0.4, -0.2) is 27.4 Å². The van der Waals surface area contributed by atoms with Crippen LogP contribution in [0.5, 0.6) is 0 Å². The van der Waals surface area contributed by atoms with E-state index in [0.717, 1.165) is 17.7 Å². The van der Waals surface area contributed by atoms with Crippen molar-refractivity contribution in [3.05, 3.63) is 47.4 Å². The molecule has 0 aromatic carbocycles. The van der Waals surface area contributed by atoms with Crippen LogP contribution in [0.1, 0.15) is 28.5 Å². The summed E-state index contributed by atoms with van der Waals surface area (Å²) in [4.78, 5) is 28.7. The van der Waals surface area contributed by atoms with E-state index in [1.807, 2.05) is 36.9 Å². The second-order valence-electron chi connectivity index (χ2n) is 5.37. The van der Waals surface area contributed by atoms with Crippen molar-refractivity contribution in [2.24, 2.45) is 7.05 Å². The van der Waals surface area contributed by atoms with Crippen molar-refractivity contribution in [1.29, 1.82) is 0 Å². The number of rotatable bonds is 3. The Kier molecular flexibility index (Phi) is 3.66. The van der Waals surface area contributed by atoms with Crippen molar-refractivity contribution in [3.8, 4) is 0 Å². The van der Waals surface area contributed by atoms with E-state index in [9.17, 15) is 9.59 Å². The van der Waals surface area contributed by atoms with Crippen molar-refractivity contribution in [2.75, 3.05) is 5.32 Å². The van der Waals surface area contributed by atoms with Crippen molar-refractivity contribution in [2.45, 2.75) is 25.8 Å². The Morgan fingerprint density at radius 3 is 3.09 bits per heavy atom. The smallest absolute Gasteiger partial charge is 0.253 e. The Hall–Kier alpha value is -2.63. The van der Waals surface area contributed by atoms with Crippen molar-refractivity contribution < 1.29 is 9.59 Å². The lowest BCUT2D eigenvalue weighted by molar-refractivity contribution is -0.118. The molecule has 2 aromatic heterocycles. The molecule has 1 aliphatic rings. The zero-order chi connectivity index (χ0) is 15.7. The van der Waals surface area contributed by atoms with Gasteiger partial charge in [-0.1, -0.05) is 13.0 Å². The molecule has 0 bridgehead atoms. The van der Waals surface area contributed by atoms with Crippen molar-refractivity contribution in [3.63, 3.8) is 0 Å². The van der Waals surface area contributed by atoms with Gasteiger partial charge in [-0.25, -0.2) is 4.98 Å². The SMILES string of the molecule is CCc1c(C(=O)N[C@H]2Cc3cccnc3NC2=O)ccn1C. The lowest BCUT2D eigenvalue weighted by atomic mass is 10.0. The summed E-state index contributed by atoms with van der Waals surface area (Å²) in [5, 5.41) is 5.55. The average Bonchev–Trinajstić information content (AvgIpc) is 2.89. The molecule has 6 nitrogen and oxygen atoms in total. The van der Waals surface area contributed by atoms with Gasteiger partial charge in [-0.05, 0) is 24.1 Å². The molecule has 0 spiro atoms. The molecule has 1 atom stereocenters. The molecule has 22 heavy (non-hydrogen) atoms. The highest BCUT2D eigenvalue weighted by Crippen LogP contribution is 2.20. The Bertz CT molecular complexity index is 735. The summed E-state index contributed by atoms with van der Waals surface area (Å²) in [6.45, 7) is 2.00. The van der Waals surface area contributed by atoms with Gasteiger partial charge in [0.25, 0.3) is 5.91 Å². The van der Waals surface area contributed by atoms with Gasteiger partial charge in [-0.15, -0.1) is 0 Å². The predicted octanol–water partition coefficient (Wildman–Crippen LogP) is 1.28. The molecular weight excluding hydrogens is 280 g/mol. The zero-order valence-electron chi connectivity index (χ0n) is 12.6. The first-order valence-electron chi connectivity index (χ1n) is 7.30. The van der Waals surface area contributed by atoms with E-state index in [1.54, 1.807) is 12.3 Å². The topological polar surface area (TPSA) is 76.0 Å². The number of fused-ring (bicyclic) bond motifs is 1. The van der Waals surface area contributed by atoms with E-state index in [-0.39, 0.29) is 11.8 Å². The largest absolute Gasteiger partial charge is 0.354 e. The lowest BCUT2D eigenvalue weighted by Crippen LogP contribution is -2.47. The van der Waals surface area contributed by atoms with E-state index in [1.165, 1.54) is 0 Å². The minimum Gasteiger partial charge on any atom is -0.354 e. The first-order chi connectivity index (χ1) is 10.6. The third kappa shape index (κ3) is 2.47. The standard InChI is InChI=1S/C16H18N4O2/c1-3-13-11(6-8-20(13)2)15(21)18-12-9-10-5-4-7-17-14(10)19-16(12)22/h4-8,12H,3,9H2,1-2H3,(H,18,21)(H,17,19,22)/t12-/m0/s1. The van der Waals surface area contributed by atoms with Crippen LogP contribution in [0.4, 0.5) is 5.82 Å². The predicted molar refractivity (Wildman–Crippen MR) is 82.6 cm³/mol. The van der Waals surface area contributed by atoms with Crippen molar-refractivity contribution in [1.82, 2.24) is 14.9 Å². The summed E-state index contributed by atoms with van der Waals surface area (Å²) in [7, 11) is 1.91. The number of aryl methyl sites for hydroxylation is 1. The highest BCUT2D eigenvalue weighted by molar-refractivity contribution is 6.02. The summed E-state index contributed by atoms with van der Waals surface area (Å²) >= 11 is 0. The number of carbonyl (C=O) groups is 2. The molecule has 0 radical (unpaired) electrons. The van der Waals surface area contributed by atoms with E-state index in [2.05, 4.69) is 15.6 Å². The molecule has 3 heterocycles. The third-order valence-corrected chi connectivity index (χ3v) is 3.96. The number of nitrogens with zero attached hydrogens (tertiary/aromatic N) is 2. The van der Waals surface area contributed by atoms with Gasteiger partial charge in [0, 0.05) is 31.6 Å². The Labute approximate surface area is 128 Å². The molecule has 6 heteroatoms. The van der Waals surface area contributed by atoms with Crippen LogP contribution in [0.2, 0.25) is 0 Å². The number of nitrogens with one attached hydrogen (secondary N) is 2. The first-order valence-corrected chi connectivity index (χ1v) is 7.30. The van der Waals surface area contributed by atoms with Crippen LogP contribution in [0.25, 0.3) is 0 Å². The Balaban J connectivity index is 1.79. The highest BCUT2D eigenvalue weighted by atomic mass is 16.2. The summed E-state index contributed by atoms with van der Waals surface area (Å²) in [6, 6.07) is 4.93. The van der Waals surface area contributed by atoms with Crippen LogP contribution in [0.15, 0.2) is 30.6 Å². The number of amides is 2. The second-order valence-corrected chi connectivity index (χ2v) is 5.37.